The van der Waals surface area contributed by atoms with Crippen molar-refractivity contribution in [2.75, 3.05) is 0 Å². The third-order valence-electron chi connectivity index (χ3n) is 2.97. The van der Waals surface area contributed by atoms with E-state index in [4.69, 9.17) is 11.6 Å². The maximum Gasteiger partial charge on any atom is 0.251 e. The lowest BCUT2D eigenvalue weighted by molar-refractivity contribution is 0.0940. The van der Waals surface area contributed by atoms with Crippen LogP contribution >= 0.6 is 22.9 Å². The van der Waals surface area contributed by atoms with Crippen LogP contribution in [0.4, 0.5) is 0 Å². The Morgan fingerprint density at radius 1 is 1.50 bits per heavy atom. The fraction of sp³-hybridized carbons (Fsp3) is 0.333. The first kappa shape index (κ1) is 15.0. The van der Waals surface area contributed by atoms with Gasteiger partial charge >= 0.3 is 0 Å². The Bertz CT molecular complexity index is 584. The van der Waals surface area contributed by atoms with E-state index in [2.05, 4.69) is 21.7 Å². The number of nitrogens with zero attached hydrogens (tertiary/aromatic N) is 1. The van der Waals surface area contributed by atoms with Gasteiger partial charge in [-0.3, -0.25) is 4.79 Å². The Hall–Kier alpha value is -1.39. The van der Waals surface area contributed by atoms with E-state index in [1.165, 1.54) is 5.56 Å². The van der Waals surface area contributed by atoms with Gasteiger partial charge in [-0.05, 0) is 54.3 Å². The number of carbonyl (C=O) groups is 1. The Morgan fingerprint density at radius 2 is 2.30 bits per heavy atom. The van der Waals surface area contributed by atoms with Crippen LogP contribution in [0.1, 0.15) is 35.5 Å². The minimum Gasteiger partial charge on any atom is -0.349 e. The number of aromatic nitrogens is 1. The molecule has 0 saturated carbocycles. The molecule has 0 aliphatic carbocycles. The van der Waals surface area contributed by atoms with Crippen molar-refractivity contribution in [3.63, 3.8) is 0 Å². The molecular weight excluding hydrogens is 292 g/mol. The van der Waals surface area contributed by atoms with Crippen LogP contribution in [0.5, 0.6) is 0 Å². The van der Waals surface area contributed by atoms with Crippen molar-refractivity contribution < 1.29 is 4.79 Å². The average Bonchev–Trinajstić information content (AvgIpc) is 2.90. The summed E-state index contributed by atoms with van der Waals surface area (Å²) >= 11 is 7.60. The summed E-state index contributed by atoms with van der Waals surface area (Å²) in [6.07, 6.45) is 1.58. The lowest BCUT2D eigenvalue weighted by Gasteiger charge is -2.13. The fourth-order valence-electron chi connectivity index (χ4n) is 1.98. The largest absolute Gasteiger partial charge is 0.349 e. The molecule has 0 aromatic carbocycles. The molecule has 0 aliphatic rings. The highest BCUT2D eigenvalue weighted by Crippen LogP contribution is 2.13. The van der Waals surface area contributed by atoms with E-state index < -0.39 is 0 Å². The first-order valence-corrected chi connectivity index (χ1v) is 7.89. The minimum absolute atomic E-state index is 0.0779. The van der Waals surface area contributed by atoms with Crippen LogP contribution in [0.15, 0.2) is 29.0 Å². The number of carbonyl (C=O) groups excluding carboxylic acids is 1. The third-order valence-corrected chi connectivity index (χ3v) is 3.90. The highest BCUT2D eigenvalue weighted by Gasteiger charge is 2.12. The number of nitrogens with one attached hydrogen (secondary N) is 1. The summed E-state index contributed by atoms with van der Waals surface area (Å²) in [6, 6.07) is 5.55. The predicted molar refractivity (Wildman–Crippen MR) is 83.6 cm³/mol. The zero-order valence-electron chi connectivity index (χ0n) is 11.5. The highest BCUT2D eigenvalue weighted by atomic mass is 35.5. The normalized spacial score (nSPS) is 12.2. The van der Waals surface area contributed by atoms with Crippen LogP contribution in [-0.2, 0) is 12.8 Å². The van der Waals surface area contributed by atoms with Crippen molar-refractivity contribution in [1.29, 1.82) is 0 Å². The van der Waals surface area contributed by atoms with E-state index in [-0.39, 0.29) is 11.9 Å². The summed E-state index contributed by atoms with van der Waals surface area (Å²) in [7, 11) is 0. The average molecular weight is 309 g/mol. The number of thiophene rings is 1. The summed E-state index contributed by atoms with van der Waals surface area (Å²) < 4.78 is 0. The molecule has 0 saturated heterocycles. The second-order valence-corrected chi connectivity index (χ2v) is 5.90. The summed E-state index contributed by atoms with van der Waals surface area (Å²) in [5.74, 6) is -0.105. The molecule has 1 atom stereocenters. The topological polar surface area (TPSA) is 42.0 Å². The SMILES string of the molecule is CCc1cc(C(=O)NC(C)Cc2ccsc2)cc(Cl)n1. The van der Waals surface area contributed by atoms with Crippen LogP contribution in [0, 0.1) is 0 Å². The van der Waals surface area contributed by atoms with Crippen LogP contribution < -0.4 is 5.32 Å². The van der Waals surface area contributed by atoms with E-state index in [0.29, 0.717) is 10.7 Å². The quantitative estimate of drug-likeness (QED) is 0.855. The van der Waals surface area contributed by atoms with Gasteiger partial charge < -0.3 is 5.32 Å². The molecular formula is C15H17ClN2OS. The molecule has 1 N–H and O–H groups in total. The molecule has 3 nitrogen and oxygen atoms in total. The van der Waals surface area contributed by atoms with Gasteiger partial charge in [0.15, 0.2) is 0 Å². The van der Waals surface area contributed by atoms with Crippen LogP contribution in [0.25, 0.3) is 0 Å². The Labute approximate surface area is 128 Å². The van der Waals surface area contributed by atoms with E-state index in [0.717, 1.165) is 18.5 Å². The van der Waals surface area contributed by atoms with Gasteiger partial charge in [0.2, 0.25) is 0 Å². The summed E-state index contributed by atoms with van der Waals surface area (Å²) in [5, 5.41) is 7.49. The van der Waals surface area contributed by atoms with E-state index >= 15 is 0 Å². The molecule has 2 aromatic heterocycles. The van der Waals surface area contributed by atoms with Gasteiger partial charge in [-0.2, -0.15) is 11.3 Å². The van der Waals surface area contributed by atoms with Gasteiger partial charge in [0, 0.05) is 17.3 Å². The second-order valence-electron chi connectivity index (χ2n) is 4.73. The number of hydrogen-bond acceptors (Lipinski definition) is 3. The van der Waals surface area contributed by atoms with Crippen molar-refractivity contribution >= 4 is 28.8 Å². The fourth-order valence-corrected chi connectivity index (χ4v) is 2.89. The standard InChI is InChI=1S/C15H17ClN2OS/c1-3-13-7-12(8-14(16)18-13)15(19)17-10(2)6-11-4-5-20-9-11/h4-5,7-10H,3,6H2,1-2H3,(H,17,19). The van der Waals surface area contributed by atoms with Crippen molar-refractivity contribution in [2.24, 2.45) is 0 Å². The monoisotopic (exact) mass is 308 g/mol. The molecule has 2 rings (SSSR count). The molecule has 5 heteroatoms. The zero-order valence-corrected chi connectivity index (χ0v) is 13.1. The van der Waals surface area contributed by atoms with E-state index in [9.17, 15) is 4.79 Å². The van der Waals surface area contributed by atoms with Gasteiger partial charge in [0.1, 0.15) is 5.15 Å². The van der Waals surface area contributed by atoms with Crippen molar-refractivity contribution in [3.05, 3.63) is 50.9 Å². The maximum absolute atomic E-state index is 12.2. The van der Waals surface area contributed by atoms with Crippen LogP contribution in [0.3, 0.4) is 0 Å². The summed E-state index contributed by atoms with van der Waals surface area (Å²) in [4.78, 5) is 16.4. The molecule has 106 valence electrons. The smallest absolute Gasteiger partial charge is 0.251 e. The van der Waals surface area contributed by atoms with Gasteiger partial charge in [0.25, 0.3) is 5.91 Å². The molecule has 0 fully saturated rings. The number of rotatable bonds is 5. The minimum atomic E-state index is -0.105. The molecule has 0 spiro atoms. The lowest BCUT2D eigenvalue weighted by Crippen LogP contribution is -2.34. The number of halogens is 1. The zero-order chi connectivity index (χ0) is 14.5. The predicted octanol–water partition coefficient (Wildman–Crippen LogP) is 3.72. The van der Waals surface area contributed by atoms with Gasteiger partial charge in [-0.25, -0.2) is 4.98 Å². The van der Waals surface area contributed by atoms with Gasteiger partial charge in [0.05, 0.1) is 0 Å². The number of hydrogen-bond donors (Lipinski definition) is 1. The van der Waals surface area contributed by atoms with E-state index in [1.54, 1.807) is 23.5 Å². The summed E-state index contributed by atoms with van der Waals surface area (Å²) in [5.41, 5.74) is 2.64. The molecule has 0 radical (unpaired) electrons. The van der Waals surface area contributed by atoms with Crippen molar-refractivity contribution in [3.8, 4) is 0 Å². The maximum atomic E-state index is 12.2. The first-order chi connectivity index (χ1) is 9.58. The highest BCUT2D eigenvalue weighted by molar-refractivity contribution is 7.07. The Balaban J connectivity index is 2.02. The summed E-state index contributed by atoms with van der Waals surface area (Å²) in [6.45, 7) is 3.98. The molecule has 2 aromatic rings. The molecule has 2 heterocycles. The van der Waals surface area contributed by atoms with Gasteiger partial charge in [-0.1, -0.05) is 18.5 Å². The van der Waals surface area contributed by atoms with Crippen molar-refractivity contribution in [2.45, 2.75) is 32.7 Å². The van der Waals surface area contributed by atoms with Crippen LogP contribution in [-0.4, -0.2) is 16.9 Å². The number of aryl methyl sites for hydroxylation is 1. The first-order valence-electron chi connectivity index (χ1n) is 6.57. The Kier molecular flexibility index (Phi) is 5.15. The lowest BCUT2D eigenvalue weighted by atomic mass is 10.1. The third kappa shape index (κ3) is 4.05. The molecule has 0 aliphatic heterocycles. The Morgan fingerprint density at radius 3 is 2.95 bits per heavy atom. The van der Waals surface area contributed by atoms with Crippen molar-refractivity contribution in [1.82, 2.24) is 10.3 Å². The molecule has 1 amide bonds. The number of amides is 1. The number of pyridine rings is 1. The second kappa shape index (κ2) is 6.86. The molecule has 1 unspecified atom stereocenters. The van der Waals surface area contributed by atoms with E-state index in [1.807, 2.05) is 19.2 Å². The molecule has 20 heavy (non-hydrogen) atoms. The molecule has 0 bridgehead atoms. The van der Waals surface area contributed by atoms with Gasteiger partial charge in [-0.15, -0.1) is 0 Å². The van der Waals surface area contributed by atoms with Crippen LogP contribution in [0.2, 0.25) is 5.15 Å².